The van der Waals surface area contributed by atoms with Gasteiger partial charge in [0, 0.05) is 48.5 Å². The van der Waals surface area contributed by atoms with Crippen LogP contribution in [0.2, 0.25) is 0 Å². The molecule has 0 spiro atoms. The van der Waals surface area contributed by atoms with Crippen molar-refractivity contribution in [3.05, 3.63) is 58.3 Å². The van der Waals surface area contributed by atoms with E-state index in [2.05, 4.69) is 53.4 Å². The Morgan fingerprint density at radius 1 is 1.24 bits per heavy atom. The molecule has 0 saturated carbocycles. The van der Waals surface area contributed by atoms with Gasteiger partial charge in [0.05, 0.1) is 17.9 Å². The number of hydrogen-bond acceptors (Lipinski definition) is 5. The van der Waals surface area contributed by atoms with E-state index in [-0.39, 0.29) is 0 Å². The van der Waals surface area contributed by atoms with Crippen LogP contribution in [0.5, 0.6) is 0 Å². The Balaban J connectivity index is 1.39. The van der Waals surface area contributed by atoms with E-state index in [1.165, 1.54) is 15.6 Å². The maximum atomic E-state index is 4.83. The monoisotopic (exact) mass is 353 g/mol. The van der Waals surface area contributed by atoms with E-state index in [0.29, 0.717) is 6.04 Å². The van der Waals surface area contributed by atoms with Gasteiger partial charge in [0.2, 0.25) is 0 Å². The molecule has 3 heterocycles. The van der Waals surface area contributed by atoms with Crippen molar-refractivity contribution in [2.45, 2.75) is 39.4 Å². The van der Waals surface area contributed by atoms with Crippen LogP contribution in [0.4, 0.5) is 5.69 Å². The Morgan fingerprint density at radius 2 is 2.08 bits per heavy atom. The van der Waals surface area contributed by atoms with Crippen molar-refractivity contribution >= 4 is 17.0 Å². The zero-order valence-corrected chi connectivity index (χ0v) is 15.5. The number of anilines is 1. The quantitative estimate of drug-likeness (QED) is 0.760. The maximum absolute atomic E-state index is 4.83. The molecule has 0 bridgehead atoms. The smallest absolute Gasteiger partial charge is 0.112 e. The SMILES string of the molecule is CC(C)N1CCc2nc(CNc3ccc(-n4cccn4)cc3)sc2C1. The number of benzene rings is 1. The third-order valence-corrected chi connectivity index (χ3v) is 5.70. The van der Waals surface area contributed by atoms with Crippen LogP contribution >= 0.6 is 11.3 Å². The van der Waals surface area contributed by atoms with Gasteiger partial charge in [0.1, 0.15) is 5.01 Å². The molecule has 0 unspecified atom stereocenters. The molecule has 1 aliphatic heterocycles. The van der Waals surface area contributed by atoms with Gasteiger partial charge >= 0.3 is 0 Å². The summed E-state index contributed by atoms with van der Waals surface area (Å²) in [6, 6.07) is 10.9. The van der Waals surface area contributed by atoms with Gasteiger partial charge in [0.25, 0.3) is 0 Å². The number of thiazole rings is 1. The summed E-state index contributed by atoms with van der Waals surface area (Å²) in [5.74, 6) is 0. The average molecular weight is 353 g/mol. The molecule has 0 atom stereocenters. The van der Waals surface area contributed by atoms with Gasteiger partial charge in [-0.25, -0.2) is 9.67 Å². The van der Waals surface area contributed by atoms with Crippen LogP contribution in [0.25, 0.3) is 5.69 Å². The number of hydrogen-bond donors (Lipinski definition) is 1. The molecule has 0 fully saturated rings. The first-order valence-corrected chi connectivity index (χ1v) is 9.56. The Kier molecular flexibility index (Phi) is 4.55. The number of nitrogens with zero attached hydrogens (tertiary/aromatic N) is 4. The van der Waals surface area contributed by atoms with E-state index >= 15 is 0 Å². The van der Waals surface area contributed by atoms with Gasteiger partial charge in [-0.15, -0.1) is 11.3 Å². The second-order valence-electron chi connectivity index (χ2n) is 6.64. The highest BCUT2D eigenvalue weighted by molar-refractivity contribution is 7.11. The lowest BCUT2D eigenvalue weighted by atomic mass is 10.1. The summed E-state index contributed by atoms with van der Waals surface area (Å²) in [5.41, 5.74) is 3.47. The van der Waals surface area contributed by atoms with Crippen LogP contribution < -0.4 is 5.32 Å². The number of rotatable bonds is 5. The second-order valence-corrected chi connectivity index (χ2v) is 7.81. The second kappa shape index (κ2) is 6.98. The Hall–Kier alpha value is -2.18. The van der Waals surface area contributed by atoms with Crippen molar-refractivity contribution < 1.29 is 0 Å². The molecule has 6 heteroatoms. The molecule has 3 aromatic rings. The van der Waals surface area contributed by atoms with Crippen molar-refractivity contribution in [2.24, 2.45) is 0 Å². The molecule has 1 aromatic carbocycles. The molecule has 5 nitrogen and oxygen atoms in total. The third-order valence-electron chi connectivity index (χ3n) is 4.62. The van der Waals surface area contributed by atoms with Crippen LogP contribution in [0.1, 0.15) is 29.4 Å². The van der Waals surface area contributed by atoms with Gasteiger partial charge in [0.15, 0.2) is 0 Å². The average Bonchev–Trinajstić information content (AvgIpc) is 3.29. The molecular formula is C19H23N5S. The minimum atomic E-state index is 0.602. The van der Waals surface area contributed by atoms with Crippen LogP contribution in [-0.4, -0.2) is 32.3 Å². The van der Waals surface area contributed by atoms with E-state index in [0.717, 1.165) is 37.4 Å². The van der Waals surface area contributed by atoms with Crippen LogP contribution in [0.15, 0.2) is 42.7 Å². The predicted octanol–water partition coefficient (Wildman–Crippen LogP) is 3.71. The first-order valence-electron chi connectivity index (χ1n) is 8.74. The minimum absolute atomic E-state index is 0.602. The topological polar surface area (TPSA) is 46.0 Å². The summed E-state index contributed by atoms with van der Waals surface area (Å²) >= 11 is 1.85. The minimum Gasteiger partial charge on any atom is -0.379 e. The summed E-state index contributed by atoms with van der Waals surface area (Å²) in [7, 11) is 0. The van der Waals surface area contributed by atoms with Gasteiger partial charge in [-0.3, -0.25) is 4.90 Å². The van der Waals surface area contributed by atoms with E-state index in [4.69, 9.17) is 4.98 Å². The molecule has 130 valence electrons. The highest BCUT2D eigenvalue weighted by atomic mass is 32.1. The molecule has 0 amide bonds. The van der Waals surface area contributed by atoms with Crippen LogP contribution in [0, 0.1) is 0 Å². The summed E-state index contributed by atoms with van der Waals surface area (Å²) in [4.78, 5) is 8.79. The Labute approximate surface area is 152 Å². The van der Waals surface area contributed by atoms with E-state index in [1.54, 1.807) is 6.20 Å². The number of aromatic nitrogens is 3. The predicted molar refractivity (Wildman–Crippen MR) is 102 cm³/mol. The normalized spacial score (nSPS) is 14.7. The maximum Gasteiger partial charge on any atom is 0.112 e. The van der Waals surface area contributed by atoms with Gasteiger partial charge in [-0.2, -0.15) is 5.10 Å². The largest absolute Gasteiger partial charge is 0.379 e. The summed E-state index contributed by atoms with van der Waals surface area (Å²) in [5, 5.41) is 8.90. The zero-order chi connectivity index (χ0) is 17.2. The first-order chi connectivity index (χ1) is 12.2. The lowest BCUT2D eigenvalue weighted by molar-refractivity contribution is 0.205. The molecule has 2 aromatic heterocycles. The van der Waals surface area contributed by atoms with Gasteiger partial charge < -0.3 is 5.32 Å². The van der Waals surface area contributed by atoms with Crippen molar-refractivity contribution in [3.8, 4) is 5.69 Å². The van der Waals surface area contributed by atoms with Crippen molar-refractivity contribution in [2.75, 3.05) is 11.9 Å². The molecule has 4 rings (SSSR count). The Morgan fingerprint density at radius 3 is 2.80 bits per heavy atom. The molecule has 0 saturated heterocycles. The molecular weight excluding hydrogens is 330 g/mol. The van der Waals surface area contributed by atoms with E-state index in [1.807, 2.05) is 28.3 Å². The molecule has 0 radical (unpaired) electrons. The molecule has 25 heavy (non-hydrogen) atoms. The van der Waals surface area contributed by atoms with Gasteiger partial charge in [-0.1, -0.05) is 0 Å². The number of nitrogens with one attached hydrogen (secondary N) is 1. The van der Waals surface area contributed by atoms with Crippen molar-refractivity contribution in [3.63, 3.8) is 0 Å². The standard InChI is InChI=1S/C19H23N5S/c1-14(2)23-11-8-17-18(13-23)25-19(22-17)12-20-15-4-6-16(7-5-15)24-10-3-9-21-24/h3-7,9-10,14,20H,8,11-13H2,1-2H3. The highest BCUT2D eigenvalue weighted by Crippen LogP contribution is 2.26. The fourth-order valence-corrected chi connectivity index (χ4v) is 4.20. The van der Waals surface area contributed by atoms with Crippen molar-refractivity contribution in [1.29, 1.82) is 0 Å². The molecule has 0 aliphatic carbocycles. The zero-order valence-electron chi connectivity index (χ0n) is 14.6. The summed E-state index contributed by atoms with van der Waals surface area (Å²) in [6.07, 6.45) is 4.81. The van der Waals surface area contributed by atoms with E-state index in [9.17, 15) is 0 Å². The third kappa shape index (κ3) is 3.60. The summed E-state index contributed by atoms with van der Waals surface area (Å²) in [6.45, 7) is 7.47. The van der Waals surface area contributed by atoms with Crippen LogP contribution in [-0.2, 0) is 19.5 Å². The fourth-order valence-electron chi connectivity index (χ4n) is 3.12. The highest BCUT2D eigenvalue weighted by Gasteiger charge is 2.21. The van der Waals surface area contributed by atoms with Gasteiger partial charge in [-0.05, 0) is 44.2 Å². The van der Waals surface area contributed by atoms with Crippen molar-refractivity contribution in [1.82, 2.24) is 19.7 Å². The Bertz CT molecular complexity index is 820. The first kappa shape index (κ1) is 16.3. The summed E-state index contributed by atoms with van der Waals surface area (Å²) < 4.78 is 1.86. The lowest BCUT2D eigenvalue weighted by Gasteiger charge is -2.29. The molecule has 1 aliphatic rings. The molecule has 1 N–H and O–H groups in total. The fraction of sp³-hybridized carbons (Fsp3) is 0.368. The number of fused-ring (bicyclic) bond motifs is 1. The van der Waals surface area contributed by atoms with Crippen LogP contribution in [0.3, 0.4) is 0 Å². The lowest BCUT2D eigenvalue weighted by Crippen LogP contribution is -2.35. The van der Waals surface area contributed by atoms with E-state index < -0.39 is 0 Å².